The Hall–Kier alpha value is -1.11. The fourth-order valence-corrected chi connectivity index (χ4v) is 1.32. The maximum atomic E-state index is 12.0. The van der Waals surface area contributed by atoms with Crippen molar-refractivity contribution in [2.75, 3.05) is 6.54 Å². The van der Waals surface area contributed by atoms with Crippen molar-refractivity contribution in [1.82, 2.24) is 15.2 Å². The summed E-state index contributed by atoms with van der Waals surface area (Å²) in [5.74, 6) is 0.317. The number of aromatic amines is 1. The molecule has 1 rings (SSSR count). The molecule has 0 spiro atoms. The van der Waals surface area contributed by atoms with Crippen LogP contribution < -0.4 is 5.73 Å². The summed E-state index contributed by atoms with van der Waals surface area (Å²) in [5, 5.41) is 6.03. The van der Waals surface area contributed by atoms with E-state index in [1.165, 1.54) is 0 Å². The zero-order chi connectivity index (χ0) is 12.0. The zero-order valence-electron chi connectivity index (χ0n) is 8.85. The van der Waals surface area contributed by atoms with Crippen molar-refractivity contribution in [3.8, 4) is 0 Å². The number of hydrogen-bond donors (Lipinski definition) is 2. The molecule has 3 N–H and O–H groups in total. The predicted octanol–water partition coefficient (Wildman–Crippen LogP) is 1.58. The Kier molecular flexibility index (Phi) is 4.72. The van der Waals surface area contributed by atoms with Gasteiger partial charge in [-0.25, -0.2) is 4.98 Å². The third-order valence-electron chi connectivity index (χ3n) is 2.05. The maximum absolute atomic E-state index is 12.0. The van der Waals surface area contributed by atoms with Gasteiger partial charge in [0.1, 0.15) is 12.2 Å². The molecule has 0 aliphatic heterocycles. The first-order valence-electron chi connectivity index (χ1n) is 5.18. The number of nitrogens with two attached hydrogens (primary N) is 1. The van der Waals surface area contributed by atoms with Crippen LogP contribution in [0.1, 0.15) is 30.9 Å². The predicted molar refractivity (Wildman–Crippen MR) is 52.8 cm³/mol. The highest BCUT2D eigenvalue weighted by atomic mass is 19.4. The van der Waals surface area contributed by atoms with Crippen LogP contribution in [0.3, 0.4) is 0 Å². The summed E-state index contributed by atoms with van der Waals surface area (Å²) in [5.41, 5.74) is 5.32. The molecule has 92 valence electrons. The number of nitrogens with zero attached hydrogens (tertiary/aromatic N) is 2. The third kappa shape index (κ3) is 5.11. The van der Waals surface area contributed by atoms with Gasteiger partial charge in [0.15, 0.2) is 5.82 Å². The number of rotatable bonds is 6. The first kappa shape index (κ1) is 13.0. The highest BCUT2D eigenvalue weighted by Crippen LogP contribution is 2.19. The van der Waals surface area contributed by atoms with Crippen LogP contribution in [0, 0.1) is 0 Å². The molecule has 0 aromatic carbocycles. The summed E-state index contributed by atoms with van der Waals surface area (Å²) >= 11 is 0. The molecule has 0 fully saturated rings. The van der Waals surface area contributed by atoms with Crippen molar-refractivity contribution in [3.05, 3.63) is 11.6 Å². The second kappa shape index (κ2) is 5.83. The van der Waals surface area contributed by atoms with E-state index in [4.69, 9.17) is 5.73 Å². The lowest BCUT2D eigenvalue weighted by Crippen LogP contribution is -2.12. The number of aromatic nitrogens is 3. The molecular weight excluding hydrogens is 221 g/mol. The molecule has 7 heteroatoms. The molecule has 1 aromatic heterocycles. The molecule has 1 aromatic rings. The summed E-state index contributed by atoms with van der Waals surface area (Å²) in [4.78, 5) is 3.78. The van der Waals surface area contributed by atoms with E-state index in [-0.39, 0.29) is 5.82 Å². The minimum absolute atomic E-state index is 0.124. The van der Waals surface area contributed by atoms with Gasteiger partial charge >= 0.3 is 6.18 Å². The maximum Gasteiger partial charge on any atom is 0.396 e. The van der Waals surface area contributed by atoms with Crippen LogP contribution in [0.5, 0.6) is 0 Å². The SMILES string of the molecule is NCCCCCc1n[nH]c(CC(F)(F)F)n1. The minimum Gasteiger partial charge on any atom is -0.330 e. The first-order chi connectivity index (χ1) is 7.51. The molecule has 0 saturated heterocycles. The number of hydrogen-bond acceptors (Lipinski definition) is 3. The van der Waals surface area contributed by atoms with E-state index >= 15 is 0 Å². The van der Waals surface area contributed by atoms with Crippen molar-refractivity contribution in [2.24, 2.45) is 5.73 Å². The van der Waals surface area contributed by atoms with E-state index in [9.17, 15) is 13.2 Å². The number of nitrogens with one attached hydrogen (secondary N) is 1. The summed E-state index contributed by atoms with van der Waals surface area (Å²) in [6.07, 6.45) is -1.99. The largest absolute Gasteiger partial charge is 0.396 e. The van der Waals surface area contributed by atoms with E-state index in [1.807, 2.05) is 0 Å². The second-order valence-electron chi connectivity index (χ2n) is 3.59. The average molecular weight is 236 g/mol. The monoisotopic (exact) mass is 236 g/mol. The third-order valence-corrected chi connectivity index (χ3v) is 2.05. The Balaban J connectivity index is 2.34. The fourth-order valence-electron chi connectivity index (χ4n) is 1.32. The molecule has 0 aliphatic carbocycles. The van der Waals surface area contributed by atoms with E-state index in [0.717, 1.165) is 19.3 Å². The summed E-state index contributed by atoms with van der Waals surface area (Å²) in [6, 6.07) is 0. The Labute approximate surface area is 91.4 Å². The van der Waals surface area contributed by atoms with Gasteiger partial charge in [0, 0.05) is 6.42 Å². The molecule has 0 atom stereocenters. The Morgan fingerprint density at radius 3 is 2.56 bits per heavy atom. The molecule has 1 heterocycles. The van der Waals surface area contributed by atoms with Crippen LogP contribution >= 0.6 is 0 Å². The zero-order valence-corrected chi connectivity index (χ0v) is 8.85. The minimum atomic E-state index is -4.24. The molecule has 0 amide bonds. The lowest BCUT2D eigenvalue weighted by molar-refractivity contribution is -0.128. The second-order valence-corrected chi connectivity index (χ2v) is 3.59. The van der Waals surface area contributed by atoms with Crippen LogP contribution in [-0.4, -0.2) is 27.9 Å². The number of aryl methyl sites for hydroxylation is 1. The number of halogens is 3. The number of alkyl halides is 3. The molecule has 16 heavy (non-hydrogen) atoms. The van der Waals surface area contributed by atoms with Crippen molar-refractivity contribution >= 4 is 0 Å². The van der Waals surface area contributed by atoms with Gasteiger partial charge in [-0.15, -0.1) is 0 Å². The molecule has 0 saturated carbocycles. The smallest absolute Gasteiger partial charge is 0.330 e. The van der Waals surface area contributed by atoms with Gasteiger partial charge in [-0.05, 0) is 19.4 Å². The number of H-pyrrole nitrogens is 1. The molecule has 0 bridgehead atoms. The van der Waals surface area contributed by atoms with E-state index in [1.54, 1.807) is 0 Å². The average Bonchev–Trinajstić information content (AvgIpc) is 2.58. The van der Waals surface area contributed by atoms with Crippen LogP contribution in [-0.2, 0) is 12.8 Å². The van der Waals surface area contributed by atoms with E-state index in [0.29, 0.717) is 18.8 Å². The summed E-state index contributed by atoms with van der Waals surface area (Å²) in [6.45, 7) is 0.632. The van der Waals surface area contributed by atoms with Gasteiger partial charge in [-0.3, -0.25) is 5.10 Å². The molecule has 0 aliphatic rings. The Morgan fingerprint density at radius 2 is 1.94 bits per heavy atom. The summed E-state index contributed by atoms with van der Waals surface area (Å²) in [7, 11) is 0. The highest BCUT2D eigenvalue weighted by Gasteiger charge is 2.29. The van der Waals surface area contributed by atoms with Gasteiger partial charge in [0.05, 0.1) is 0 Å². The first-order valence-corrected chi connectivity index (χ1v) is 5.18. The topological polar surface area (TPSA) is 67.6 Å². The molecule has 0 unspecified atom stereocenters. The lowest BCUT2D eigenvalue weighted by atomic mass is 10.2. The van der Waals surface area contributed by atoms with Crippen molar-refractivity contribution in [1.29, 1.82) is 0 Å². The van der Waals surface area contributed by atoms with Crippen LogP contribution in [0.4, 0.5) is 13.2 Å². The quantitative estimate of drug-likeness (QED) is 0.737. The van der Waals surface area contributed by atoms with Crippen molar-refractivity contribution in [2.45, 2.75) is 38.3 Å². The van der Waals surface area contributed by atoms with Crippen LogP contribution in [0.2, 0.25) is 0 Å². The van der Waals surface area contributed by atoms with Gasteiger partial charge in [-0.2, -0.15) is 18.3 Å². The fraction of sp³-hybridized carbons (Fsp3) is 0.778. The van der Waals surface area contributed by atoms with Gasteiger partial charge in [0.25, 0.3) is 0 Å². The highest BCUT2D eigenvalue weighted by molar-refractivity contribution is 4.92. The standard InChI is InChI=1S/C9H15F3N4/c10-9(11,12)6-8-14-7(15-16-8)4-2-1-3-5-13/h1-6,13H2,(H,14,15,16). The normalized spacial score (nSPS) is 12.0. The van der Waals surface area contributed by atoms with Gasteiger partial charge in [0.2, 0.25) is 0 Å². The molecule has 4 nitrogen and oxygen atoms in total. The van der Waals surface area contributed by atoms with E-state index in [2.05, 4.69) is 15.2 Å². The van der Waals surface area contributed by atoms with Crippen LogP contribution in [0.15, 0.2) is 0 Å². The molecular formula is C9H15F3N4. The van der Waals surface area contributed by atoms with Gasteiger partial charge < -0.3 is 5.73 Å². The van der Waals surface area contributed by atoms with E-state index < -0.39 is 12.6 Å². The lowest BCUT2D eigenvalue weighted by Gasteiger charge is -2.01. The van der Waals surface area contributed by atoms with Crippen LogP contribution in [0.25, 0.3) is 0 Å². The Morgan fingerprint density at radius 1 is 1.19 bits per heavy atom. The van der Waals surface area contributed by atoms with Crippen molar-refractivity contribution in [3.63, 3.8) is 0 Å². The summed E-state index contributed by atoms with van der Waals surface area (Å²) < 4.78 is 36.0. The number of unbranched alkanes of at least 4 members (excludes halogenated alkanes) is 2. The van der Waals surface area contributed by atoms with Crippen molar-refractivity contribution < 1.29 is 13.2 Å². The molecule has 0 radical (unpaired) electrons. The Bertz CT molecular complexity index is 308. The van der Waals surface area contributed by atoms with Gasteiger partial charge in [-0.1, -0.05) is 6.42 Å².